The number of hydrogen-bond donors (Lipinski definition) is 2. The number of H-pyrrole nitrogens is 1. The van der Waals surface area contributed by atoms with Gasteiger partial charge < -0.3 is 15.0 Å². The number of rotatable bonds is 8. The van der Waals surface area contributed by atoms with Crippen molar-refractivity contribution in [2.24, 2.45) is 0 Å². The number of aromatic nitrogens is 1. The first-order valence-corrected chi connectivity index (χ1v) is 10.2. The molecule has 0 saturated heterocycles. The molecule has 0 spiro atoms. The molecule has 2 N–H and O–H groups in total. The van der Waals surface area contributed by atoms with Crippen LogP contribution in [0.1, 0.15) is 31.5 Å². The topological polar surface area (TPSA) is 37.0 Å². The van der Waals surface area contributed by atoms with Crippen molar-refractivity contribution in [2.75, 3.05) is 13.2 Å². The molecule has 138 valence electrons. The Balaban J connectivity index is 1.39. The highest BCUT2D eigenvalue weighted by atomic mass is 79.9. The average molecular weight is 456 g/mol. The first kappa shape index (κ1) is 19.6. The van der Waals surface area contributed by atoms with E-state index in [1.807, 2.05) is 6.07 Å². The number of aromatic amines is 1. The van der Waals surface area contributed by atoms with Gasteiger partial charge in [-0.15, -0.1) is 0 Å². The second-order valence-electron chi connectivity index (χ2n) is 6.26. The maximum atomic E-state index is 5.98. The number of halogens is 3. The van der Waals surface area contributed by atoms with E-state index in [1.165, 1.54) is 11.1 Å². The molecule has 1 atom stereocenters. The lowest BCUT2D eigenvalue weighted by Gasteiger charge is -2.12. The number of unbranched alkanes of at least 4 members (excludes halogenated alkanes) is 1. The molecule has 3 aromatic rings. The van der Waals surface area contributed by atoms with Crippen LogP contribution in [0.3, 0.4) is 0 Å². The van der Waals surface area contributed by atoms with Crippen LogP contribution in [-0.2, 0) is 0 Å². The number of nitrogens with one attached hydrogen (secondary N) is 2. The summed E-state index contributed by atoms with van der Waals surface area (Å²) in [5, 5.41) is 5.83. The van der Waals surface area contributed by atoms with Gasteiger partial charge in [-0.1, -0.05) is 39.1 Å². The van der Waals surface area contributed by atoms with Gasteiger partial charge in [-0.25, -0.2) is 0 Å². The largest absolute Gasteiger partial charge is 0.494 e. The minimum Gasteiger partial charge on any atom is -0.494 e. The molecular formula is C20H21BrCl2N2O. The maximum absolute atomic E-state index is 5.98. The van der Waals surface area contributed by atoms with E-state index in [0.717, 1.165) is 35.1 Å². The second kappa shape index (κ2) is 9.14. The van der Waals surface area contributed by atoms with E-state index in [-0.39, 0.29) is 6.04 Å². The fraction of sp³-hybridized carbons (Fsp3) is 0.300. The number of ether oxygens (including phenoxy) is 1. The van der Waals surface area contributed by atoms with Gasteiger partial charge in [0.1, 0.15) is 5.75 Å². The van der Waals surface area contributed by atoms with E-state index >= 15 is 0 Å². The van der Waals surface area contributed by atoms with Crippen LogP contribution >= 0.6 is 39.1 Å². The molecule has 2 aromatic carbocycles. The summed E-state index contributed by atoms with van der Waals surface area (Å²) in [6.45, 7) is 3.77. The number of benzene rings is 2. The Morgan fingerprint density at radius 1 is 1.08 bits per heavy atom. The van der Waals surface area contributed by atoms with Gasteiger partial charge in [-0.05, 0) is 62.7 Å². The minimum atomic E-state index is 0.275. The van der Waals surface area contributed by atoms with E-state index in [2.05, 4.69) is 57.4 Å². The summed E-state index contributed by atoms with van der Waals surface area (Å²) in [7, 11) is 0. The Hall–Kier alpha value is -1.20. The third kappa shape index (κ3) is 5.17. The quantitative estimate of drug-likeness (QED) is 0.368. The predicted molar refractivity (Wildman–Crippen MR) is 114 cm³/mol. The zero-order valence-corrected chi connectivity index (χ0v) is 17.6. The van der Waals surface area contributed by atoms with Crippen molar-refractivity contribution in [3.8, 4) is 5.75 Å². The van der Waals surface area contributed by atoms with Crippen LogP contribution in [0.5, 0.6) is 5.75 Å². The molecule has 1 aromatic heterocycles. The van der Waals surface area contributed by atoms with Crippen molar-refractivity contribution in [1.29, 1.82) is 0 Å². The summed E-state index contributed by atoms with van der Waals surface area (Å²) >= 11 is 15.4. The molecule has 0 aliphatic carbocycles. The molecule has 26 heavy (non-hydrogen) atoms. The summed E-state index contributed by atoms with van der Waals surface area (Å²) in [5.74, 6) is 0.755. The Bertz CT molecular complexity index is 881. The molecule has 3 nitrogen and oxygen atoms in total. The molecule has 1 unspecified atom stereocenters. The van der Waals surface area contributed by atoms with Crippen molar-refractivity contribution in [2.45, 2.75) is 25.8 Å². The van der Waals surface area contributed by atoms with E-state index in [0.29, 0.717) is 16.7 Å². The molecule has 0 amide bonds. The van der Waals surface area contributed by atoms with Crippen LogP contribution in [0.25, 0.3) is 10.9 Å². The van der Waals surface area contributed by atoms with Crippen molar-refractivity contribution in [3.05, 3.63) is 62.7 Å². The van der Waals surface area contributed by atoms with Gasteiger partial charge in [0.2, 0.25) is 0 Å². The normalized spacial score (nSPS) is 12.5. The zero-order valence-electron chi connectivity index (χ0n) is 14.5. The predicted octanol–water partition coefficient (Wildman–Crippen LogP) is 6.75. The Kier molecular flexibility index (Phi) is 6.87. The summed E-state index contributed by atoms with van der Waals surface area (Å²) in [4.78, 5) is 3.47. The SMILES string of the molecule is CC(NCCCCOc1ccc(Cl)c(Cl)c1)c1cc2cc(Br)ccc2[nH]1. The molecule has 6 heteroatoms. The highest BCUT2D eigenvalue weighted by Gasteiger charge is 2.08. The fourth-order valence-electron chi connectivity index (χ4n) is 2.77. The van der Waals surface area contributed by atoms with Crippen LogP contribution in [0.15, 0.2) is 46.9 Å². The van der Waals surface area contributed by atoms with Gasteiger partial charge in [0.25, 0.3) is 0 Å². The molecule has 0 aliphatic heterocycles. The Morgan fingerprint density at radius 3 is 2.73 bits per heavy atom. The fourth-order valence-corrected chi connectivity index (χ4v) is 3.44. The van der Waals surface area contributed by atoms with Crippen molar-refractivity contribution in [3.63, 3.8) is 0 Å². The monoisotopic (exact) mass is 454 g/mol. The van der Waals surface area contributed by atoms with Gasteiger partial charge >= 0.3 is 0 Å². The highest BCUT2D eigenvalue weighted by Crippen LogP contribution is 2.26. The van der Waals surface area contributed by atoms with Crippen molar-refractivity contribution < 1.29 is 4.74 Å². The van der Waals surface area contributed by atoms with Gasteiger partial charge in [0, 0.05) is 33.2 Å². The van der Waals surface area contributed by atoms with Crippen LogP contribution in [0, 0.1) is 0 Å². The maximum Gasteiger partial charge on any atom is 0.120 e. The first-order chi connectivity index (χ1) is 12.5. The molecular weight excluding hydrogens is 435 g/mol. The molecule has 1 heterocycles. The third-order valence-electron chi connectivity index (χ3n) is 4.25. The van der Waals surface area contributed by atoms with Crippen LogP contribution < -0.4 is 10.1 Å². The van der Waals surface area contributed by atoms with E-state index in [9.17, 15) is 0 Å². The first-order valence-electron chi connectivity index (χ1n) is 8.62. The summed E-state index contributed by atoms with van der Waals surface area (Å²) in [6.07, 6.45) is 2.01. The van der Waals surface area contributed by atoms with Gasteiger partial charge in [0.05, 0.1) is 16.7 Å². The van der Waals surface area contributed by atoms with Gasteiger partial charge in [-0.3, -0.25) is 0 Å². The minimum absolute atomic E-state index is 0.275. The molecule has 0 fully saturated rings. The second-order valence-corrected chi connectivity index (χ2v) is 7.99. The molecule has 3 rings (SSSR count). The lowest BCUT2D eigenvalue weighted by Crippen LogP contribution is -2.20. The Morgan fingerprint density at radius 2 is 1.92 bits per heavy atom. The summed E-state index contributed by atoms with van der Waals surface area (Å²) in [6, 6.07) is 14.1. The van der Waals surface area contributed by atoms with Crippen LogP contribution in [0.4, 0.5) is 0 Å². The smallest absolute Gasteiger partial charge is 0.120 e. The highest BCUT2D eigenvalue weighted by molar-refractivity contribution is 9.10. The lowest BCUT2D eigenvalue weighted by molar-refractivity contribution is 0.305. The number of fused-ring (bicyclic) bond motifs is 1. The molecule has 0 radical (unpaired) electrons. The van der Waals surface area contributed by atoms with E-state index in [4.69, 9.17) is 27.9 Å². The van der Waals surface area contributed by atoms with E-state index < -0.39 is 0 Å². The summed E-state index contributed by atoms with van der Waals surface area (Å²) < 4.78 is 6.80. The zero-order chi connectivity index (χ0) is 18.5. The lowest BCUT2D eigenvalue weighted by atomic mass is 10.2. The van der Waals surface area contributed by atoms with Crippen LogP contribution in [-0.4, -0.2) is 18.1 Å². The van der Waals surface area contributed by atoms with Crippen molar-refractivity contribution >= 4 is 50.0 Å². The van der Waals surface area contributed by atoms with E-state index in [1.54, 1.807) is 12.1 Å². The average Bonchev–Trinajstić information content (AvgIpc) is 3.04. The summed E-state index contributed by atoms with van der Waals surface area (Å²) in [5.41, 5.74) is 2.36. The Labute approximate surface area is 172 Å². The van der Waals surface area contributed by atoms with Gasteiger partial charge in [0.15, 0.2) is 0 Å². The third-order valence-corrected chi connectivity index (χ3v) is 5.48. The molecule has 0 bridgehead atoms. The van der Waals surface area contributed by atoms with Crippen LogP contribution in [0.2, 0.25) is 10.0 Å². The number of hydrogen-bond acceptors (Lipinski definition) is 2. The van der Waals surface area contributed by atoms with Crippen molar-refractivity contribution in [1.82, 2.24) is 10.3 Å². The molecule has 0 aliphatic rings. The standard InChI is InChI=1S/C20H21BrCl2N2O/c1-13(20-11-14-10-15(21)4-7-19(14)25-20)24-8-2-3-9-26-16-5-6-17(22)18(23)12-16/h4-7,10-13,24-25H,2-3,8-9H2,1H3. The molecule has 0 saturated carbocycles. The van der Waals surface area contributed by atoms with Gasteiger partial charge in [-0.2, -0.15) is 0 Å².